The smallest absolute Gasteiger partial charge is 0.252 e. The molecule has 0 unspecified atom stereocenters. The van der Waals surface area contributed by atoms with Crippen LogP contribution in [-0.2, 0) is 10.8 Å². The van der Waals surface area contributed by atoms with Gasteiger partial charge in [0, 0.05) is 64.3 Å². The van der Waals surface area contributed by atoms with Gasteiger partial charge in [-0.25, -0.2) is 0 Å². The van der Waals surface area contributed by atoms with E-state index in [-0.39, 0.29) is 17.5 Å². The molecule has 61 heavy (non-hydrogen) atoms. The summed E-state index contributed by atoms with van der Waals surface area (Å²) in [5, 5.41) is 7.88. The van der Waals surface area contributed by atoms with Crippen molar-refractivity contribution in [2.75, 3.05) is 4.90 Å². The Kier molecular flexibility index (Phi) is 6.96. The third-order valence-corrected chi connectivity index (χ3v) is 14.9. The molecule has 292 valence electrons. The molecule has 0 saturated heterocycles. The molecule has 3 aromatic heterocycles. The van der Waals surface area contributed by atoms with Crippen molar-refractivity contribution in [2.24, 2.45) is 0 Å². The van der Waals surface area contributed by atoms with Gasteiger partial charge >= 0.3 is 0 Å². The molecule has 0 N–H and O–H groups in total. The molecule has 0 bridgehead atoms. The quantitative estimate of drug-likeness (QED) is 0.159. The van der Waals surface area contributed by atoms with Gasteiger partial charge in [-0.3, -0.25) is 0 Å². The highest BCUT2D eigenvalue weighted by Gasteiger charge is 2.43. The van der Waals surface area contributed by atoms with Crippen LogP contribution in [0, 0.1) is 0 Å². The lowest BCUT2D eigenvalue weighted by Gasteiger charge is -2.41. The molecule has 0 amide bonds. The van der Waals surface area contributed by atoms with E-state index in [1.165, 1.54) is 114 Å². The average molecular weight is 802 g/mol. The van der Waals surface area contributed by atoms with Crippen molar-refractivity contribution in [3.63, 3.8) is 0 Å². The summed E-state index contributed by atoms with van der Waals surface area (Å²) in [5.74, 6) is 0. The van der Waals surface area contributed by atoms with Gasteiger partial charge in [0.15, 0.2) is 0 Å². The Morgan fingerprint density at radius 2 is 1.05 bits per heavy atom. The van der Waals surface area contributed by atoms with Crippen LogP contribution in [0.15, 0.2) is 158 Å². The van der Waals surface area contributed by atoms with E-state index < -0.39 is 0 Å². The van der Waals surface area contributed by atoms with Gasteiger partial charge in [0.1, 0.15) is 0 Å². The monoisotopic (exact) mass is 801 g/mol. The molecule has 2 aliphatic rings. The number of benzene rings is 8. The number of hydrogen-bond acceptors (Lipinski definition) is 2. The van der Waals surface area contributed by atoms with Gasteiger partial charge < -0.3 is 14.0 Å². The van der Waals surface area contributed by atoms with Gasteiger partial charge in [-0.15, -0.1) is 11.3 Å². The summed E-state index contributed by atoms with van der Waals surface area (Å²) < 4.78 is 7.86. The third-order valence-electron chi connectivity index (χ3n) is 13.8. The highest BCUT2D eigenvalue weighted by molar-refractivity contribution is 7.25. The molecule has 0 fully saturated rings. The number of hydrogen-bond donors (Lipinski definition) is 0. The summed E-state index contributed by atoms with van der Waals surface area (Å²) in [6.07, 6.45) is 0. The number of aromatic nitrogens is 2. The molecule has 5 heteroatoms. The molecule has 8 aromatic carbocycles. The van der Waals surface area contributed by atoms with E-state index in [4.69, 9.17) is 0 Å². The number of para-hydroxylation sites is 3. The van der Waals surface area contributed by atoms with Gasteiger partial charge in [-0.1, -0.05) is 126 Å². The van der Waals surface area contributed by atoms with Crippen LogP contribution in [-0.4, -0.2) is 15.8 Å². The maximum atomic E-state index is 2.61. The van der Waals surface area contributed by atoms with E-state index in [0.717, 1.165) is 5.69 Å². The van der Waals surface area contributed by atoms with Crippen molar-refractivity contribution >= 4 is 115 Å². The lowest BCUT2D eigenvalue weighted by molar-refractivity contribution is 0.590. The van der Waals surface area contributed by atoms with Crippen LogP contribution in [0.4, 0.5) is 17.1 Å². The van der Waals surface area contributed by atoms with Gasteiger partial charge in [0.05, 0.1) is 27.9 Å². The Morgan fingerprint density at radius 1 is 0.426 bits per heavy atom. The highest BCUT2D eigenvalue weighted by atomic mass is 32.1. The first-order valence-electron chi connectivity index (χ1n) is 21.6. The lowest BCUT2D eigenvalue weighted by Crippen LogP contribution is -2.60. The first kappa shape index (κ1) is 35.2. The molecule has 0 radical (unpaired) electrons. The summed E-state index contributed by atoms with van der Waals surface area (Å²) in [6.45, 7) is 14.0. The maximum absolute atomic E-state index is 2.61. The molecule has 0 atom stereocenters. The molecule has 0 saturated carbocycles. The van der Waals surface area contributed by atoms with Crippen molar-refractivity contribution in [3.8, 4) is 11.4 Å². The number of nitrogens with zero attached hydrogens (tertiary/aromatic N) is 3. The SMILES string of the molecule is CC(C)(C)c1ccc2c(c1)c1cc(C(C)(C)C)ccc1n2-c1ccc2c3c1N(c1ccccc1)c1ccccc1B3c1cccc3c4cc5sc6ccccc6c5cc4n-2c13. The standard InChI is InChI=1S/C56H44BN3S/c1-55(2,3)33-23-25-44-38(29-33)39-30-34(56(4,5)6)24-26-45(39)59(44)48-28-27-47-52-54(48)58(35-15-8-7-9-16-35)46-21-12-11-19-42(46)57(52)43-20-14-18-37-40-32-51-41(31-49(40)60(47)53(37)43)36-17-10-13-22-50(36)61-51/h7-32H,1-6H3. The lowest BCUT2D eigenvalue weighted by atomic mass is 9.33. The van der Waals surface area contributed by atoms with E-state index in [9.17, 15) is 0 Å². The average Bonchev–Trinajstić information content (AvgIpc) is 3.91. The van der Waals surface area contributed by atoms with Crippen LogP contribution >= 0.6 is 11.3 Å². The maximum Gasteiger partial charge on any atom is 0.252 e. The van der Waals surface area contributed by atoms with Crippen molar-refractivity contribution in [1.29, 1.82) is 0 Å². The van der Waals surface area contributed by atoms with Crippen molar-refractivity contribution < 1.29 is 0 Å². The zero-order valence-corrected chi connectivity index (χ0v) is 36.2. The molecule has 3 nitrogen and oxygen atoms in total. The molecule has 0 spiro atoms. The molecule has 0 aliphatic carbocycles. The van der Waals surface area contributed by atoms with E-state index in [1.54, 1.807) is 0 Å². The fraction of sp³-hybridized carbons (Fsp3) is 0.143. The highest BCUT2D eigenvalue weighted by Crippen LogP contribution is 2.47. The summed E-state index contributed by atoms with van der Waals surface area (Å²) in [6, 6.07) is 60.3. The van der Waals surface area contributed by atoms with Crippen molar-refractivity contribution in [2.45, 2.75) is 52.4 Å². The predicted molar refractivity (Wildman–Crippen MR) is 265 cm³/mol. The van der Waals surface area contributed by atoms with Crippen LogP contribution in [0.3, 0.4) is 0 Å². The number of thiophene rings is 1. The van der Waals surface area contributed by atoms with Gasteiger partial charge in [0.25, 0.3) is 6.71 Å². The minimum Gasteiger partial charge on any atom is -0.310 e. The fourth-order valence-corrected chi connectivity index (χ4v) is 12.0. The van der Waals surface area contributed by atoms with E-state index >= 15 is 0 Å². The normalized spacial score (nSPS) is 13.7. The van der Waals surface area contributed by atoms with Crippen LogP contribution in [0.1, 0.15) is 52.7 Å². The first-order valence-corrected chi connectivity index (χ1v) is 22.5. The molecule has 2 aliphatic heterocycles. The van der Waals surface area contributed by atoms with E-state index in [0.29, 0.717) is 0 Å². The second kappa shape index (κ2) is 12.1. The summed E-state index contributed by atoms with van der Waals surface area (Å²) in [7, 11) is 0. The number of rotatable bonds is 2. The second-order valence-electron chi connectivity index (χ2n) is 19.4. The summed E-state index contributed by atoms with van der Waals surface area (Å²) >= 11 is 1.90. The van der Waals surface area contributed by atoms with Crippen LogP contribution in [0.2, 0.25) is 0 Å². The zero-order valence-electron chi connectivity index (χ0n) is 35.3. The largest absolute Gasteiger partial charge is 0.310 e. The van der Waals surface area contributed by atoms with Gasteiger partial charge in [-0.2, -0.15) is 0 Å². The second-order valence-corrected chi connectivity index (χ2v) is 20.5. The Bertz CT molecular complexity index is 3610. The van der Waals surface area contributed by atoms with Crippen LogP contribution in [0.5, 0.6) is 0 Å². The van der Waals surface area contributed by atoms with Gasteiger partial charge in [-0.05, 0) is 111 Å². The molecular weight excluding hydrogens is 758 g/mol. The summed E-state index contributed by atoms with van der Waals surface area (Å²) in [5.41, 5.74) is 17.9. The first-order chi connectivity index (χ1) is 29.5. The van der Waals surface area contributed by atoms with Crippen molar-refractivity contribution in [1.82, 2.24) is 9.13 Å². The Hall–Kier alpha value is -6.56. The van der Waals surface area contributed by atoms with Gasteiger partial charge in [0.2, 0.25) is 0 Å². The minimum atomic E-state index is 0.0161. The molecule has 5 heterocycles. The van der Waals surface area contributed by atoms with Crippen LogP contribution in [0.25, 0.3) is 75.2 Å². The topological polar surface area (TPSA) is 13.1 Å². The van der Waals surface area contributed by atoms with E-state index in [1.807, 2.05) is 11.3 Å². The number of fused-ring (bicyclic) bond motifs is 13. The predicted octanol–water partition coefficient (Wildman–Crippen LogP) is 13.5. The fourth-order valence-electron chi connectivity index (χ4n) is 10.9. The van der Waals surface area contributed by atoms with Crippen LogP contribution < -0.4 is 21.3 Å². The minimum absolute atomic E-state index is 0.0161. The Labute approximate surface area is 360 Å². The number of anilines is 3. The molecule has 11 aromatic rings. The molecular formula is C56H44BN3S. The summed E-state index contributed by atoms with van der Waals surface area (Å²) in [4.78, 5) is 2.56. The third kappa shape index (κ3) is 4.76. The molecule has 13 rings (SSSR count). The zero-order chi connectivity index (χ0) is 41.1. The Balaban J connectivity index is 1.20. The Morgan fingerprint density at radius 3 is 1.79 bits per heavy atom. The van der Waals surface area contributed by atoms with Crippen molar-refractivity contribution in [3.05, 3.63) is 169 Å². The van der Waals surface area contributed by atoms with E-state index in [2.05, 4.69) is 213 Å².